The highest BCUT2D eigenvalue weighted by Gasteiger charge is 2.37. The van der Waals surface area contributed by atoms with Gasteiger partial charge in [0.1, 0.15) is 0 Å². The number of rotatable bonds is 5. The Morgan fingerprint density at radius 2 is 1.90 bits per heavy atom. The Hall–Kier alpha value is -0.120. The van der Waals surface area contributed by atoms with E-state index in [1.54, 1.807) is 0 Å². The Kier molecular flexibility index (Phi) is 6.51. The molecule has 21 heavy (non-hydrogen) atoms. The van der Waals surface area contributed by atoms with E-state index in [0.717, 1.165) is 24.4 Å². The van der Waals surface area contributed by atoms with Gasteiger partial charge in [-0.2, -0.15) is 0 Å². The fourth-order valence-corrected chi connectivity index (χ4v) is 4.48. The van der Waals surface area contributed by atoms with Crippen LogP contribution in [-0.2, 0) is 0 Å². The summed E-state index contributed by atoms with van der Waals surface area (Å²) in [6.07, 6.45) is 4.17. The van der Waals surface area contributed by atoms with Gasteiger partial charge in [-0.15, -0.1) is 0 Å². The van der Waals surface area contributed by atoms with Gasteiger partial charge in [0, 0.05) is 37.8 Å². The van der Waals surface area contributed by atoms with Crippen molar-refractivity contribution in [3.05, 3.63) is 0 Å². The number of likely N-dealkylation sites (N-methyl/N-ethyl adjacent to an activating group) is 2. The Labute approximate surface area is 132 Å². The van der Waals surface area contributed by atoms with E-state index in [1.807, 2.05) is 0 Å². The van der Waals surface area contributed by atoms with Crippen molar-refractivity contribution in [2.75, 3.05) is 32.7 Å². The number of nitrogens with zero attached hydrogens (tertiary/aromatic N) is 2. The van der Waals surface area contributed by atoms with Crippen LogP contribution in [0, 0.1) is 11.8 Å². The van der Waals surface area contributed by atoms with Crippen LogP contribution in [0.15, 0.2) is 0 Å². The van der Waals surface area contributed by atoms with Crippen LogP contribution in [0.5, 0.6) is 0 Å². The first-order valence-corrected chi connectivity index (χ1v) is 9.28. The molecule has 2 rings (SSSR count). The molecule has 1 saturated carbocycles. The molecule has 2 fully saturated rings. The molecule has 0 aromatic rings. The van der Waals surface area contributed by atoms with Crippen LogP contribution < -0.4 is 5.32 Å². The minimum Gasteiger partial charge on any atom is -0.313 e. The van der Waals surface area contributed by atoms with Crippen molar-refractivity contribution in [1.29, 1.82) is 0 Å². The van der Waals surface area contributed by atoms with E-state index in [9.17, 15) is 0 Å². The molecule has 2 aliphatic rings. The molecule has 0 aromatic carbocycles. The van der Waals surface area contributed by atoms with Gasteiger partial charge in [-0.3, -0.25) is 9.80 Å². The molecule has 0 radical (unpaired) electrons. The van der Waals surface area contributed by atoms with E-state index in [4.69, 9.17) is 0 Å². The third-order valence-electron chi connectivity index (χ3n) is 5.94. The Morgan fingerprint density at radius 3 is 2.48 bits per heavy atom. The molecular weight excluding hydrogens is 258 g/mol. The number of nitrogens with one attached hydrogen (secondary N) is 1. The second-order valence-electron chi connectivity index (χ2n) is 7.52. The van der Waals surface area contributed by atoms with Crippen LogP contribution in [0.1, 0.15) is 53.9 Å². The third-order valence-corrected chi connectivity index (χ3v) is 5.94. The average molecular weight is 296 g/mol. The topological polar surface area (TPSA) is 18.5 Å². The predicted octanol–water partition coefficient (Wildman–Crippen LogP) is 2.82. The smallest absolute Gasteiger partial charge is 0.0253 e. The summed E-state index contributed by atoms with van der Waals surface area (Å²) in [5.74, 6) is 1.76. The fraction of sp³-hybridized carbons (Fsp3) is 1.00. The SMILES string of the molecule is CCNC1CCC(C(C)C)CC1N1CCN(CC)C(C)C1. The highest BCUT2D eigenvalue weighted by Crippen LogP contribution is 2.33. The number of hydrogen-bond acceptors (Lipinski definition) is 3. The maximum absolute atomic E-state index is 3.78. The van der Waals surface area contributed by atoms with Crippen molar-refractivity contribution in [3.63, 3.8) is 0 Å². The van der Waals surface area contributed by atoms with Gasteiger partial charge in [-0.25, -0.2) is 0 Å². The van der Waals surface area contributed by atoms with E-state index >= 15 is 0 Å². The summed E-state index contributed by atoms with van der Waals surface area (Å²) in [5, 5.41) is 3.78. The van der Waals surface area contributed by atoms with Crippen LogP contribution in [0.4, 0.5) is 0 Å². The quantitative estimate of drug-likeness (QED) is 0.841. The lowest BCUT2D eigenvalue weighted by Crippen LogP contribution is -2.60. The van der Waals surface area contributed by atoms with Gasteiger partial charge in [-0.05, 0) is 51.1 Å². The first-order valence-electron chi connectivity index (χ1n) is 9.28. The first-order chi connectivity index (χ1) is 10.1. The normalized spacial score (nSPS) is 36.3. The Bertz CT molecular complexity index is 305. The van der Waals surface area contributed by atoms with E-state index in [2.05, 4.69) is 49.7 Å². The summed E-state index contributed by atoms with van der Waals surface area (Å²) in [6.45, 7) is 17.8. The lowest BCUT2D eigenvalue weighted by molar-refractivity contribution is 0.0181. The van der Waals surface area contributed by atoms with Crippen LogP contribution in [0.3, 0.4) is 0 Å². The summed E-state index contributed by atoms with van der Waals surface area (Å²) >= 11 is 0. The molecule has 3 heteroatoms. The predicted molar refractivity (Wildman–Crippen MR) is 91.7 cm³/mol. The summed E-state index contributed by atoms with van der Waals surface area (Å²) < 4.78 is 0. The monoisotopic (exact) mass is 295 g/mol. The Morgan fingerprint density at radius 1 is 1.14 bits per heavy atom. The zero-order valence-electron chi connectivity index (χ0n) is 14.9. The van der Waals surface area contributed by atoms with E-state index in [-0.39, 0.29) is 0 Å². The van der Waals surface area contributed by atoms with Gasteiger partial charge in [0.25, 0.3) is 0 Å². The standard InChI is InChI=1S/C18H37N3/c1-6-19-17-9-8-16(14(3)4)12-18(17)21-11-10-20(7-2)15(5)13-21/h14-19H,6-13H2,1-5H3. The van der Waals surface area contributed by atoms with Gasteiger partial charge in [0.2, 0.25) is 0 Å². The molecule has 0 spiro atoms. The molecule has 1 aliphatic carbocycles. The van der Waals surface area contributed by atoms with Crippen molar-refractivity contribution < 1.29 is 0 Å². The van der Waals surface area contributed by atoms with Crippen LogP contribution in [-0.4, -0.2) is 60.6 Å². The second kappa shape index (κ2) is 7.94. The minimum absolute atomic E-state index is 0.713. The minimum atomic E-state index is 0.713. The fourth-order valence-electron chi connectivity index (χ4n) is 4.48. The highest BCUT2D eigenvalue weighted by molar-refractivity contribution is 4.94. The van der Waals surface area contributed by atoms with Gasteiger partial charge < -0.3 is 5.32 Å². The highest BCUT2D eigenvalue weighted by atomic mass is 15.3. The molecule has 0 aromatic heterocycles. The van der Waals surface area contributed by atoms with Gasteiger partial charge in [0.05, 0.1) is 0 Å². The molecule has 1 aliphatic heterocycles. The maximum Gasteiger partial charge on any atom is 0.0253 e. The lowest BCUT2D eigenvalue weighted by atomic mass is 9.76. The molecule has 1 N–H and O–H groups in total. The zero-order chi connectivity index (χ0) is 15.4. The molecule has 1 saturated heterocycles. The zero-order valence-corrected chi connectivity index (χ0v) is 14.9. The molecule has 124 valence electrons. The molecule has 0 amide bonds. The summed E-state index contributed by atoms with van der Waals surface area (Å²) in [5.41, 5.74) is 0. The van der Waals surface area contributed by atoms with E-state index in [1.165, 1.54) is 45.4 Å². The van der Waals surface area contributed by atoms with Crippen LogP contribution in [0.2, 0.25) is 0 Å². The average Bonchev–Trinajstić information content (AvgIpc) is 2.47. The second-order valence-corrected chi connectivity index (χ2v) is 7.52. The third kappa shape index (κ3) is 4.20. The molecule has 3 nitrogen and oxygen atoms in total. The Balaban J connectivity index is 2.01. The lowest BCUT2D eigenvalue weighted by Gasteiger charge is -2.49. The van der Waals surface area contributed by atoms with Crippen molar-refractivity contribution >= 4 is 0 Å². The molecular formula is C18H37N3. The van der Waals surface area contributed by atoms with Crippen molar-refractivity contribution in [2.45, 2.75) is 72.0 Å². The van der Waals surface area contributed by atoms with Gasteiger partial charge in [0.15, 0.2) is 0 Å². The largest absolute Gasteiger partial charge is 0.313 e. The summed E-state index contributed by atoms with van der Waals surface area (Å²) in [7, 11) is 0. The molecule has 1 heterocycles. The first kappa shape index (κ1) is 17.2. The number of hydrogen-bond donors (Lipinski definition) is 1. The maximum atomic E-state index is 3.78. The van der Waals surface area contributed by atoms with Crippen LogP contribution >= 0.6 is 0 Å². The molecule has 4 unspecified atom stereocenters. The van der Waals surface area contributed by atoms with Gasteiger partial charge >= 0.3 is 0 Å². The summed E-state index contributed by atoms with van der Waals surface area (Å²) in [6, 6.07) is 2.18. The van der Waals surface area contributed by atoms with Crippen molar-refractivity contribution in [1.82, 2.24) is 15.1 Å². The van der Waals surface area contributed by atoms with E-state index < -0.39 is 0 Å². The van der Waals surface area contributed by atoms with Crippen molar-refractivity contribution in [3.8, 4) is 0 Å². The van der Waals surface area contributed by atoms with E-state index in [0.29, 0.717) is 12.1 Å². The molecule has 0 bridgehead atoms. The summed E-state index contributed by atoms with van der Waals surface area (Å²) in [4.78, 5) is 5.43. The number of piperazine rings is 1. The van der Waals surface area contributed by atoms with Gasteiger partial charge in [-0.1, -0.05) is 27.7 Å². The molecule has 4 atom stereocenters. The van der Waals surface area contributed by atoms with Crippen LogP contribution in [0.25, 0.3) is 0 Å². The van der Waals surface area contributed by atoms with Crippen molar-refractivity contribution in [2.24, 2.45) is 11.8 Å².